The molecule has 0 bridgehead atoms. The van der Waals surface area contributed by atoms with Gasteiger partial charge in [0.1, 0.15) is 11.2 Å². The number of rotatable bonds is 4. The van der Waals surface area contributed by atoms with Crippen molar-refractivity contribution >= 4 is 34.3 Å². The Morgan fingerprint density at radius 3 is 2.71 bits per heavy atom. The van der Waals surface area contributed by atoms with Crippen LogP contribution in [-0.2, 0) is 6.54 Å². The first-order valence-corrected chi connectivity index (χ1v) is 7.55. The number of anilines is 1. The van der Waals surface area contributed by atoms with Gasteiger partial charge < -0.3 is 15.0 Å². The maximum absolute atomic E-state index is 12.3. The summed E-state index contributed by atoms with van der Waals surface area (Å²) in [5.74, 6) is -1.28. The van der Waals surface area contributed by atoms with Crippen LogP contribution in [0.2, 0.25) is 5.15 Å². The molecule has 1 aromatic carbocycles. The van der Waals surface area contributed by atoms with Gasteiger partial charge in [0.15, 0.2) is 5.15 Å². The van der Waals surface area contributed by atoms with Gasteiger partial charge in [-0.25, -0.2) is 9.78 Å². The number of hydrogen-bond acceptors (Lipinski definition) is 4. The minimum Gasteiger partial charge on any atom is -0.477 e. The number of nitrogens with zero attached hydrogens (tertiary/aromatic N) is 2. The fraction of sp³-hybridized carbons (Fsp3) is 0.118. The lowest BCUT2D eigenvalue weighted by molar-refractivity contribution is 0.0695. The minimum absolute atomic E-state index is 0.189. The molecule has 2 aromatic heterocycles. The van der Waals surface area contributed by atoms with Gasteiger partial charge in [-0.2, -0.15) is 0 Å². The number of carboxylic acids is 1. The molecule has 0 spiro atoms. The van der Waals surface area contributed by atoms with E-state index >= 15 is 0 Å². The standard InChI is InChI=1S/C17H14ClN3O3/c1-21(9-10-5-3-2-4-6-10)13-7-11-14(22)12(17(23)24)8-19-16(11)20-15(13)18/h2-8H,9H2,1H3,(H,23,24)(H,19,20,22). The van der Waals surface area contributed by atoms with Gasteiger partial charge in [0.2, 0.25) is 5.43 Å². The van der Waals surface area contributed by atoms with Crippen molar-refractivity contribution in [2.75, 3.05) is 11.9 Å². The lowest BCUT2D eigenvalue weighted by atomic mass is 10.1. The molecule has 0 aliphatic heterocycles. The Bertz CT molecular complexity index is 970. The number of carboxylic acid groups (broad SMARTS) is 1. The lowest BCUT2D eigenvalue weighted by Gasteiger charge is -2.20. The summed E-state index contributed by atoms with van der Waals surface area (Å²) in [7, 11) is 1.83. The Balaban J connectivity index is 2.07. The average Bonchev–Trinajstić information content (AvgIpc) is 2.55. The number of carbonyl (C=O) groups is 1. The number of aromatic amines is 1. The van der Waals surface area contributed by atoms with Crippen molar-refractivity contribution in [1.29, 1.82) is 0 Å². The highest BCUT2D eigenvalue weighted by molar-refractivity contribution is 6.32. The van der Waals surface area contributed by atoms with Crippen molar-refractivity contribution < 1.29 is 9.90 Å². The Labute approximate surface area is 142 Å². The molecule has 0 fully saturated rings. The highest BCUT2D eigenvalue weighted by Gasteiger charge is 2.16. The lowest BCUT2D eigenvalue weighted by Crippen LogP contribution is -2.19. The monoisotopic (exact) mass is 343 g/mol. The zero-order chi connectivity index (χ0) is 17.3. The number of pyridine rings is 2. The molecule has 2 N–H and O–H groups in total. The van der Waals surface area contributed by atoms with Gasteiger partial charge in [0, 0.05) is 19.8 Å². The normalized spacial score (nSPS) is 10.8. The first kappa shape index (κ1) is 16.0. The van der Waals surface area contributed by atoms with Gasteiger partial charge in [-0.05, 0) is 11.6 Å². The summed E-state index contributed by atoms with van der Waals surface area (Å²) < 4.78 is 0. The van der Waals surface area contributed by atoms with E-state index in [1.54, 1.807) is 6.07 Å². The molecule has 0 aliphatic carbocycles. The van der Waals surface area contributed by atoms with Crippen LogP contribution < -0.4 is 10.3 Å². The third-order valence-electron chi connectivity index (χ3n) is 3.70. The summed E-state index contributed by atoms with van der Waals surface area (Å²) in [5, 5.41) is 9.50. The van der Waals surface area contributed by atoms with E-state index in [4.69, 9.17) is 16.7 Å². The molecule has 7 heteroatoms. The van der Waals surface area contributed by atoms with E-state index in [-0.39, 0.29) is 21.7 Å². The van der Waals surface area contributed by atoms with E-state index in [1.807, 2.05) is 42.3 Å². The molecule has 6 nitrogen and oxygen atoms in total. The zero-order valence-electron chi connectivity index (χ0n) is 12.8. The second-order valence-electron chi connectivity index (χ2n) is 5.37. The van der Waals surface area contributed by atoms with E-state index in [9.17, 15) is 9.59 Å². The van der Waals surface area contributed by atoms with Gasteiger partial charge in [0.25, 0.3) is 0 Å². The summed E-state index contributed by atoms with van der Waals surface area (Å²) in [5.41, 5.74) is 0.968. The molecule has 0 atom stereocenters. The van der Waals surface area contributed by atoms with Crippen LogP contribution in [0.25, 0.3) is 11.0 Å². The predicted molar refractivity (Wildman–Crippen MR) is 92.9 cm³/mol. The molecule has 0 saturated carbocycles. The molecule has 0 amide bonds. The van der Waals surface area contributed by atoms with Gasteiger partial charge in [-0.1, -0.05) is 41.9 Å². The first-order chi connectivity index (χ1) is 11.5. The third kappa shape index (κ3) is 2.96. The molecule has 3 rings (SSSR count). The van der Waals surface area contributed by atoms with Crippen LogP contribution in [0.1, 0.15) is 15.9 Å². The third-order valence-corrected chi connectivity index (χ3v) is 3.98. The van der Waals surface area contributed by atoms with E-state index < -0.39 is 11.4 Å². The number of aromatic carboxylic acids is 1. The van der Waals surface area contributed by atoms with Crippen molar-refractivity contribution in [3.05, 3.63) is 69.1 Å². The smallest absolute Gasteiger partial charge is 0.341 e. The predicted octanol–water partition coefficient (Wildman–Crippen LogP) is 2.91. The van der Waals surface area contributed by atoms with Crippen LogP contribution in [0.15, 0.2) is 47.4 Å². The van der Waals surface area contributed by atoms with Crippen molar-refractivity contribution in [2.45, 2.75) is 6.54 Å². The molecular formula is C17H14ClN3O3. The summed E-state index contributed by atoms with van der Waals surface area (Å²) in [6, 6.07) is 11.3. The SMILES string of the molecule is CN(Cc1ccccc1)c1cc2c(=O)c(C(=O)O)c[nH]c2nc1Cl. The maximum Gasteiger partial charge on any atom is 0.341 e. The summed E-state index contributed by atoms with van der Waals surface area (Å²) >= 11 is 6.23. The van der Waals surface area contributed by atoms with Crippen LogP contribution in [-0.4, -0.2) is 28.1 Å². The van der Waals surface area contributed by atoms with Crippen molar-refractivity contribution in [1.82, 2.24) is 9.97 Å². The minimum atomic E-state index is -1.28. The van der Waals surface area contributed by atoms with Gasteiger partial charge in [-0.3, -0.25) is 4.79 Å². The highest BCUT2D eigenvalue weighted by Crippen LogP contribution is 2.26. The second-order valence-corrected chi connectivity index (χ2v) is 5.73. The Hall–Kier alpha value is -2.86. The maximum atomic E-state index is 12.3. The van der Waals surface area contributed by atoms with Crippen molar-refractivity contribution in [2.24, 2.45) is 0 Å². The number of halogens is 1. The average molecular weight is 344 g/mol. The largest absolute Gasteiger partial charge is 0.477 e. The fourth-order valence-corrected chi connectivity index (χ4v) is 2.77. The molecule has 0 saturated heterocycles. The molecule has 0 radical (unpaired) electrons. The number of hydrogen-bond donors (Lipinski definition) is 2. The van der Waals surface area contributed by atoms with Gasteiger partial charge in [0.05, 0.1) is 11.1 Å². The summed E-state index contributed by atoms with van der Waals surface area (Å²) in [6.45, 7) is 0.574. The number of nitrogens with one attached hydrogen (secondary N) is 1. The van der Waals surface area contributed by atoms with E-state index in [1.165, 1.54) is 0 Å². The highest BCUT2D eigenvalue weighted by atomic mass is 35.5. The van der Waals surface area contributed by atoms with E-state index in [0.29, 0.717) is 12.2 Å². The number of H-pyrrole nitrogens is 1. The Morgan fingerprint density at radius 2 is 2.04 bits per heavy atom. The van der Waals surface area contributed by atoms with Crippen LogP contribution >= 0.6 is 11.6 Å². The van der Waals surface area contributed by atoms with Crippen molar-refractivity contribution in [3.8, 4) is 0 Å². The molecule has 3 aromatic rings. The summed E-state index contributed by atoms with van der Waals surface area (Å²) in [4.78, 5) is 32.2. The number of fused-ring (bicyclic) bond motifs is 1. The summed E-state index contributed by atoms with van der Waals surface area (Å²) in [6.07, 6.45) is 1.13. The van der Waals surface area contributed by atoms with Crippen molar-refractivity contribution in [3.63, 3.8) is 0 Å². The van der Waals surface area contributed by atoms with Crippen LogP contribution in [0, 0.1) is 0 Å². The van der Waals surface area contributed by atoms with Crippen LogP contribution in [0.4, 0.5) is 5.69 Å². The molecule has 24 heavy (non-hydrogen) atoms. The number of benzene rings is 1. The molecule has 0 aliphatic rings. The molecule has 0 unspecified atom stereocenters. The topological polar surface area (TPSA) is 86.3 Å². The number of aromatic nitrogens is 2. The zero-order valence-corrected chi connectivity index (χ0v) is 13.5. The van der Waals surface area contributed by atoms with Crippen LogP contribution in [0.3, 0.4) is 0 Å². The van der Waals surface area contributed by atoms with Crippen LogP contribution in [0.5, 0.6) is 0 Å². The first-order valence-electron chi connectivity index (χ1n) is 7.17. The fourth-order valence-electron chi connectivity index (χ4n) is 2.48. The molecular weight excluding hydrogens is 330 g/mol. The Kier molecular flexibility index (Phi) is 4.22. The van der Waals surface area contributed by atoms with E-state index in [2.05, 4.69) is 9.97 Å². The molecule has 122 valence electrons. The quantitative estimate of drug-likeness (QED) is 0.711. The van der Waals surface area contributed by atoms with Gasteiger partial charge in [-0.15, -0.1) is 0 Å². The van der Waals surface area contributed by atoms with E-state index in [0.717, 1.165) is 11.8 Å². The van der Waals surface area contributed by atoms with Gasteiger partial charge >= 0.3 is 5.97 Å². The second kappa shape index (κ2) is 6.33. The molecule has 2 heterocycles. The Morgan fingerprint density at radius 1 is 1.33 bits per heavy atom.